The first-order chi connectivity index (χ1) is 6.96. The summed E-state index contributed by atoms with van der Waals surface area (Å²) in [6.45, 7) is 3.62. The summed E-state index contributed by atoms with van der Waals surface area (Å²) in [5.41, 5.74) is 0. The molecule has 1 saturated heterocycles. The molecule has 0 aliphatic carbocycles. The van der Waals surface area contributed by atoms with Crippen LogP contribution < -0.4 is 0 Å². The number of hydrogen-bond donors (Lipinski definition) is 0. The van der Waals surface area contributed by atoms with E-state index in [9.17, 15) is 8.42 Å². The van der Waals surface area contributed by atoms with Gasteiger partial charge in [0.1, 0.15) is 4.32 Å². The summed E-state index contributed by atoms with van der Waals surface area (Å²) >= 11 is 6.72. The Hall–Kier alpha value is -0.0700. The van der Waals surface area contributed by atoms with Crippen molar-refractivity contribution in [1.82, 2.24) is 4.90 Å². The molecule has 1 rings (SSSR count). The number of thioether (sulfide) groups is 1. The van der Waals surface area contributed by atoms with Crippen molar-refractivity contribution in [3.63, 3.8) is 0 Å². The monoisotopic (exact) mass is 265 g/mol. The van der Waals surface area contributed by atoms with Gasteiger partial charge in [0.15, 0.2) is 9.84 Å². The summed E-state index contributed by atoms with van der Waals surface area (Å²) in [4.78, 5) is 1.90. The molecule has 0 bridgehead atoms. The highest BCUT2D eigenvalue weighted by molar-refractivity contribution is 8.23. The van der Waals surface area contributed by atoms with Crippen LogP contribution in [0.25, 0.3) is 0 Å². The van der Waals surface area contributed by atoms with Crippen molar-refractivity contribution < 1.29 is 8.42 Å². The van der Waals surface area contributed by atoms with Gasteiger partial charge in [-0.2, -0.15) is 0 Å². The second-order valence-electron chi connectivity index (χ2n) is 3.53. The molecule has 0 amide bonds. The average molecular weight is 265 g/mol. The molecule has 0 unspecified atom stereocenters. The van der Waals surface area contributed by atoms with Gasteiger partial charge in [-0.05, 0) is 6.42 Å². The third-order valence-corrected chi connectivity index (χ3v) is 5.70. The summed E-state index contributed by atoms with van der Waals surface area (Å²) in [5.74, 6) is 1.29. The van der Waals surface area contributed by atoms with Crippen LogP contribution in [0.3, 0.4) is 0 Å². The van der Waals surface area contributed by atoms with Crippen molar-refractivity contribution >= 4 is 38.1 Å². The van der Waals surface area contributed by atoms with E-state index in [2.05, 4.69) is 6.58 Å². The van der Waals surface area contributed by atoms with E-state index in [1.54, 1.807) is 6.08 Å². The SMILES string of the molecule is C=CCSC(=S)N(C)[C@H]1CCS(=O)(=O)C1. The maximum Gasteiger partial charge on any atom is 0.152 e. The zero-order chi connectivity index (χ0) is 11.5. The smallest absolute Gasteiger partial charge is 0.152 e. The highest BCUT2D eigenvalue weighted by Gasteiger charge is 2.31. The zero-order valence-corrected chi connectivity index (χ0v) is 11.1. The Labute approximate surface area is 101 Å². The van der Waals surface area contributed by atoms with Crippen LogP contribution in [0.1, 0.15) is 6.42 Å². The summed E-state index contributed by atoms with van der Waals surface area (Å²) in [7, 11) is -0.960. The van der Waals surface area contributed by atoms with Crippen LogP contribution in [0.15, 0.2) is 12.7 Å². The van der Waals surface area contributed by atoms with E-state index in [-0.39, 0.29) is 17.5 Å². The highest BCUT2D eigenvalue weighted by Crippen LogP contribution is 2.20. The normalized spacial score (nSPS) is 23.7. The first kappa shape index (κ1) is 13.0. The first-order valence-electron chi connectivity index (χ1n) is 4.67. The molecule has 0 saturated carbocycles. The maximum atomic E-state index is 11.3. The lowest BCUT2D eigenvalue weighted by atomic mass is 10.2. The largest absolute Gasteiger partial charge is 0.357 e. The number of thiocarbonyl (C=S) groups is 1. The molecule has 0 aromatic rings. The fourth-order valence-electron chi connectivity index (χ4n) is 1.46. The van der Waals surface area contributed by atoms with Gasteiger partial charge in [0.05, 0.1) is 11.5 Å². The molecule has 0 radical (unpaired) electrons. The minimum Gasteiger partial charge on any atom is -0.357 e. The van der Waals surface area contributed by atoms with E-state index >= 15 is 0 Å². The molecule has 1 aliphatic rings. The Bertz CT molecular complexity index is 350. The lowest BCUT2D eigenvalue weighted by Gasteiger charge is -2.25. The molecule has 0 N–H and O–H groups in total. The Morgan fingerprint density at radius 1 is 1.73 bits per heavy atom. The Morgan fingerprint density at radius 3 is 2.87 bits per heavy atom. The molecule has 1 aliphatic heterocycles. The summed E-state index contributed by atoms with van der Waals surface area (Å²) < 4.78 is 23.3. The van der Waals surface area contributed by atoms with Gasteiger partial charge in [-0.3, -0.25) is 0 Å². The quantitative estimate of drug-likeness (QED) is 0.568. The van der Waals surface area contributed by atoms with Gasteiger partial charge in [-0.15, -0.1) is 6.58 Å². The molecule has 3 nitrogen and oxygen atoms in total. The molecule has 1 heterocycles. The van der Waals surface area contributed by atoms with Gasteiger partial charge in [0.25, 0.3) is 0 Å². The van der Waals surface area contributed by atoms with Crippen molar-refractivity contribution in [3.05, 3.63) is 12.7 Å². The van der Waals surface area contributed by atoms with E-state index in [0.29, 0.717) is 6.42 Å². The van der Waals surface area contributed by atoms with Crippen molar-refractivity contribution in [2.75, 3.05) is 24.3 Å². The zero-order valence-electron chi connectivity index (χ0n) is 8.68. The summed E-state index contributed by atoms with van der Waals surface area (Å²) in [5, 5.41) is 0. The fraction of sp³-hybridized carbons (Fsp3) is 0.667. The van der Waals surface area contributed by atoms with Gasteiger partial charge < -0.3 is 4.90 Å². The first-order valence-corrected chi connectivity index (χ1v) is 7.88. The van der Waals surface area contributed by atoms with Crippen LogP contribution in [0.2, 0.25) is 0 Å². The minimum absolute atomic E-state index is 0.0554. The molecule has 15 heavy (non-hydrogen) atoms. The van der Waals surface area contributed by atoms with Gasteiger partial charge in [-0.1, -0.05) is 30.1 Å². The van der Waals surface area contributed by atoms with Crippen LogP contribution in [0.5, 0.6) is 0 Å². The maximum absolute atomic E-state index is 11.3. The van der Waals surface area contributed by atoms with Crippen LogP contribution >= 0.6 is 24.0 Å². The summed E-state index contributed by atoms with van der Waals surface area (Å²) in [6, 6.07) is 0.0554. The van der Waals surface area contributed by atoms with E-state index < -0.39 is 9.84 Å². The Kier molecular flexibility index (Phi) is 4.61. The van der Waals surface area contributed by atoms with Gasteiger partial charge in [0, 0.05) is 18.8 Å². The molecule has 0 aromatic heterocycles. The molecular formula is C9H15NO2S3. The molecule has 0 spiro atoms. The van der Waals surface area contributed by atoms with Gasteiger partial charge >= 0.3 is 0 Å². The topological polar surface area (TPSA) is 37.4 Å². The van der Waals surface area contributed by atoms with Crippen LogP contribution in [-0.2, 0) is 9.84 Å². The molecule has 0 aromatic carbocycles. The van der Waals surface area contributed by atoms with E-state index in [4.69, 9.17) is 12.2 Å². The van der Waals surface area contributed by atoms with Gasteiger partial charge in [0.2, 0.25) is 0 Å². The molecule has 1 fully saturated rings. The van der Waals surface area contributed by atoms with Crippen molar-refractivity contribution in [3.8, 4) is 0 Å². The molecule has 86 valence electrons. The minimum atomic E-state index is -2.83. The third kappa shape index (κ3) is 3.77. The van der Waals surface area contributed by atoms with E-state index in [0.717, 1.165) is 10.1 Å². The highest BCUT2D eigenvalue weighted by atomic mass is 32.2. The Balaban J connectivity index is 2.51. The van der Waals surface area contributed by atoms with Crippen LogP contribution in [-0.4, -0.2) is 48.0 Å². The van der Waals surface area contributed by atoms with Crippen molar-refractivity contribution in [1.29, 1.82) is 0 Å². The Morgan fingerprint density at radius 2 is 2.40 bits per heavy atom. The number of rotatable bonds is 3. The van der Waals surface area contributed by atoms with Crippen molar-refractivity contribution in [2.24, 2.45) is 0 Å². The predicted molar refractivity (Wildman–Crippen MR) is 70.1 cm³/mol. The number of sulfone groups is 1. The number of hydrogen-bond acceptors (Lipinski definition) is 4. The predicted octanol–water partition coefficient (Wildman–Crippen LogP) is 1.31. The lowest BCUT2D eigenvalue weighted by molar-refractivity contribution is 0.409. The average Bonchev–Trinajstić information content (AvgIpc) is 2.54. The third-order valence-electron chi connectivity index (χ3n) is 2.37. The molecule has 1 atom stereocenters. The number of nitrogens with zero attached hydrogens (tertiary/aromatic N) is 1. The fourth-order valence-corrected chi connectivity index (χ4v) is 4.20. The van der Waals surface area contributed by atoms with E-state index in [1.807, 2.05) is 11.9 Å². The van der Waals surface area contributed by atoms with Crippen LogP contribution in [0.4, 0.5) is 0 Å². The van der Waals surface area contributed by atoms with Gasteiger partial charge in [-0.25, -0.2) is 8.42 Å². The molecular weight excluding hydrogens is 250 g/mol. The second kappa shape index (κ2) is 5.32. The molecule has 6 heteroatoms. The van der Waals surface area contributed by atoms with E-state index in [1.165, 1.54) is 11.8 Å². The standard InChI is InChI=1S/C9H15NO2S3/c1-3-5-14-9(13)10(2)8-4-6-15(11,12)7-8/h3,8H,1,4-7H2,2H3/t8-/m0/s1. The van der Waals surface area contributed by atoms with Crippen molar-refractivity contribution in [2.45, 2.75) is 12.5 Å². The summed E-state index contributed by atoms with van der Waals surface area (Å²) in [6.07, 6.45) is 2.48. The second-order valence-corrected chi connectivity index (χ2v) is 7.42. The van der Waals surface area contributed by atoms with Crippen LogP contribution in [0, 0.1) is 0 Å². The lowest BCUT2D eigenvalue weighted by Crippen LogP contribution is -2.35.